The lowest BCUT2D eigenvalue weighted by Gasteiger charge is -2.07. The summed E-state index contributed by atoms with van der Waals surface area (Å²) in [4.78, 5) is 15.5. The summed E-state index contributed by atoms with van der Waals surface area (Å²) in [5, 5.41) is 0. The van der Waals surface area contributed by atoms with Crippen molar-refractivity contribution in [2.24, 2.45) is 5.73 Å². The van der Waals surface area contributed by atoms with Crippen molar-refractivity contribution >= 4 is 0 Å². The first kappa shape index (κ1) is 9.92. The molecule has 0 aliphatic heterocycles. The van der Waals surface area contributed by atoms with E-state index in [-0.39, 0.29) is 11.6 Å². The average Bonchev–Trinajstić information content (AvgIpc) is 2.08. The van der Waals surface area contributed by atoms with Crippen LogP contribution in [0.5, 0.6) is 0 Å². The van der Waals surface area contributed by atoms with Crippen LogP contribution in [-0.2, 0) is 13.0 Å². The van der Waals surface area contributed by atoms with Crippen molar-refractivity contribution in [2.75, 3.05) is 0 Å². The van der Waals surface area contributed by atoms with Gasteiger partial charge in [0.1, 0.15) is 0 Å². The molecule has 1 atom stereocenters. The monoisotopic (exact) mass is 181 g/mol. The molecule has 1 aromatic rings. The summed E-state index contributed by atoms with van der Waals surface area (Å²) < 4.78 is 1.53. The first-order valence-corrected chi connectivity index (χ1v) is 4.44. The molecule has 4 nitrogen and oxygen atoms in total. The van der Waals surface area contributed by atoms with Crippen LogP contribution in [0.3, 0.4) is 0 Å². The molecule has 2 N–H and O–H groups in total. The van der Waals surface area contributed by atoms with Gasteiger partial charge in [0.25, 0.3) is 5.56 Å². The molecule has 1 rings (SSSR count). The van der Waals surface area contributed by atoms with Crippen molar-refractivity contribution in [3.8, 4) is 0 Å². The third-order valence-corrected chi connectivity index (χ3v) is 1.78. The fourth-order valence-electron chi connectivity index (χ4n) is 1.10. The van der Waals surface area contributed by atoms with Crippen molar-refractivity contribution in [2.45, 2.75) is 32.9 Å². The van der Waals surface area contributed by atoms with Crippen molar-refractivity contribution in [1.29, 1.82) is 0 Å². The predicted molar refractivity (Wildman–Crippen MR) is 51.5 cm³/mol. The Balaban J connectivity index is 2.92. The Morgan fingerprint density at radius 1 is 1.69 bits per heavy atom. The number of aromatic nitrogens is 2. The maximum absolute atomic E-state index is 11.4. The third-order valence-electron chi connectivity index (χ3n) is 1.78. The highest BCUT2D eigenvalue weighted by atomic mass is 16.1. The number of aryl methyl sites for hydroxylation is 1. The second-order valence-electron chi connectivity index (χ2n) is 3.20. The maximum Gasteiger partial charge on any atom is 0.253 e. The summed E-state index contributed by atoms with van der Waals surface area (Å²) in [7, 11) is 0. The molecule has 0 radical (unpaired) electrons. The topological polar surface area (TPSA) is 60.9 Å². The first-order chi connectivity index (χ1) is 6.13. The molecule has 0 fully saturated rings. The zero-order valence-corrected chi connectivity index (χ0v) is 8.03. The SMILES string of the molecule is CCc1cc(=O)n(CC(C)N)cn1. The second kappa shape index (κ2) is 4.18. The van der Waals surface area contributed by atoms with Gasteiger partial charge in [0, 0.05) is 24.3 Å². The Morgan fingerprint density at radius 2 is 2.38 bits per heavy atom. The molecular weight excluding hydrogens is 166 g/mol. The molecule has 1 aromatic heterocycles. The Hall–Kier alpha value is -1.16. The lowest BCUT2D eigenvalue weighted by molar-refractivity contribution is 0.563. The molecule has 0 aliphatic carbocycles. The normalized spacial score (nSPS) is 12.8. The van der Waals surface area contributed by atoms with Crippen LogP contribution in [0.4, 0.5) is 0 Å². The zero-order valence-electron chi connectivity index (χ0n) is 8.03. The summed E-state index contributed by atoms with van der Waals surface area (Å²) in [5.74, 6) is 0. The van der Waals surface area contributed by atoms with E-state index in [2.05, 4.69) is 4.98 Å². The molecule has 0 amide bonds. The van der Waals surface area contributed by atoms with E-state index >= 15 is 0 Å². The fourth-order valence-corrected chi connectivity index (χ4v) is 1.10. The summed E-state index contributed by atoms with van der Waals surface area (Å²) in [5.41, 5.74) is 6.38. The number of hydrogen-bond donors (Lipinski definition) is 1. The van der Waals surface area contributed by atoms with E-state index in [1.807, 2.05) is 13.8 Å². The van der Waals surface area contributed by atoms with Gasteiger partial charge in [-0.1, -0.05) is 6.92 Å². The quantitative estimate of drug-likeness (QED) is 0.722. The van der Waals surface area contributed by atoms with E-state index in [1.54, 1.807) is 12.4 Å². The molecule has 0 aliphatic rings. The van der Waals surface area contributed by atoms with Gasteiger partial charge in [-0.15, -0.1) is 0 Å². The molecule has 0 bridgehead atoms. The number of rotatable bonds is 3. The standard InChI is InChI=1S/C9H15N3O/c1-3-8-4-9(13)12(6-11-8)5-7(2)10/h4,6-7H,3,5,10H2,1-2H3. The van der Waals surface area contributed by atoms with Gasteiger partial charge in [-0.25, -0.2) is 4.98 Å². The van der Waals surface area contributed by atoms with Crippen LogP contribution in [-0.4, -0.2) is 15.6 Å². The van der Waals surface area contributed by atoms with Crippen molar-refractivity contribution in [3.05, 3.63) is 28.4 Å². The van der Waals surface area contributed by atoms with Crippen LogP contribution in [0.25, 0.3) is 0 Å². The first-order valence-electron chi connectivity index (χ1n) is 4.44. The Bertz CT molecular complexity index is 330. The Kier molecular flexibility index (Phi) is 3.19. The lowest BCUT2D eigenvalue weighted by Crippen LogP contribution is -2.29. The van der Waals surface area contributed by atoms with Gasteiger partial charge >= 0.3 is 0 Å². The number of nitrogens with two attached hydrogens (primary N) is 1. The van der Waals surface area contributed by atoms with Crippen LogP contribution in [0.15, 0.2) is 17.2 Å². The molecular formula is C9H15N3O. The summed E-state index contributed by atoms with van der Waals surface area (Å²) in [6.45, 7) is 4.35. The third kappa shape index (κ3) is 2.66. The van der Waals surface area contributed by atoms with Crippen molar-refractivity contribution in [3.63, 3.8) is 0 Å². The van der Waals surface area contributed by atoms with Gasteiger partial charge < -0.3 is 5.73 Å². The molecule has 13 heavy (non-hydrogen) atoms. The van der Waals surface area contributed by atoms with Crippen molar-refractivity contribution < 1.29 is 0 Å². The minimum absolute atomic E-state index is 0.0213. The Labute approximate surface area is 77.4 Å². The van der Waals surface area contributed by atoms with Crippen molar-refractivity contribution in [1.82, 2.24) is 9.55 Å². The van der Waals surface area contributed by atoms with Crippen LogP contribution in [0.1, 0.15) is 19.5 Å². The van der Waals surface area contributed by atoms with Gasteiger partial charge in [-0.05, 0) is 13.3 Å². The van der Waals surface area contributed by atoms with Crippen LogP contribution >= 0.6 is 0 Å². The highest BCUT2D eigenvalue weighted by molar-refractivity contribution is 4.98. The van der Waals surface area contributed by atoms with E-state index < -0.39 is 0 Å². The molecule has 0 aromatic carbocycles. The van der Waals surface area contributed by atoms with Gasteiger partial charge in [-0.3, -0.25) is 9.36 Å². The zero-order chi connectivity index (χ0) is 9.84. The average molecular weight is 181 g/mol. The van der Waals surface area contributed by atoms with E-state index in [9.17, 15) is 4.79 Å². The van der Waals surface area contributed by atoms with Gasteiger partial charge in [0.15, 0.2) is 0 Å². The highest BCUT2D eigenvalue weighted by Gasteiger charge is 2.00. The molecule has 1 unspecified atom stereocenters. The van der Waals surface area contributed by atoms with Crippen LogP contribution < -0.4 is 11.3 Å². The summed E-state index contributed by atoms with van der Waals surface area (Å²) in [6.07, 6.45) is 2.35. The van der Waals surface area contributed by atoms with Gasteiger partial charge in [-0.2, -0.15) is 0 Å². The number of nitrogens with zero attached hydrogens (tertiary/aromatic N) is 2. The summed E-state index contributed by atoms with van der Waals surface area (Å²) in [6, 6.07) is 1.54. The fraction of sp³-hybridized carbons (Fsp3) is 0.556. The van der Waals surface area contributed by atoms with E-state index in [4.69, 9.17) is 5.73 Å². The smallest absolute Gasteiger partial charge is 0.253 e. The maximum atomic E-state index is 11.4. The van der Waals surface area contributed by atoms with Gasteiger partial charge in [0.05, 0.1) is 6.33 Å². The largest absolute Gasteiger partial charge is 0.326 e. The second-order valence-corrected chi connectivity index (χ2v) is 3.20. The minimum Gasteiger partial charge on any atom is -0.326 e. The summed E-state index contributed by atoms with van der Waals surface area (Å²) >= 11 is 0. The minimum atomic E-state index is -0.0239. The van der Waals surface area contributed by atoms with Gasteiger partial charge in [0.2, 0.25) is 0 Å². The molecule has 0 spiro atoms. The van der Waals surface area contributed by atoms with Crippen LogP contribution in [0, 0.1) is 0 Å². The highest BCUT2D eigenvalue weighted by Crippen LogP contribution is 1.90. The van der Waals surface area contributed by atoms with E-state index in [0.29, 0.717) is 6.54 Å². The number of hydrogen-bond acceptors (Lipinski definition) is 3. The lowest BCUT2D eigenvalue weighted by atomic mass is 10.3. The predicted octanol–water partition coefficient (Wildman–Crippen LogP) is 0.153. The van der Waals surface area contributed by atoms with Crippen LogP contribution in [0.2, 0.25) is 0 Å². The van der Waals surface area contributed by atoms with E-state index in [1.165, 1.54) is 4.57 Å². The molecule has 0 saturated carbocycles. The molecule has 72 valence electrons. The molecule has 1 heterocycles. The molecule has 0 saturated heterocycles. The van der Waals surface area contributed by atoms with E-state index in [0.717, 1.165) is 12.1 Å². The Morgan fingerprint density at radius 3 is 2.85 bits per heavy atom. The molecule has 4 heteroatoms.